The van der Waals surface area contributed by atoms with Crippen LogP contribution in [0.1, 0.15) is 57.4 Å². The maximum absolute atomic E-state index is 12.7. The molecule has 4 atom stereocenters. The van der Waals surface area contributed by atoms with E-state index in [-0.39, 0.29) is 17.7 Å². The molecule has 4 rings (SSSR count). The summed E-state index contributed by atoms with van der Waals surface area (Å²) < 4.78 is 5.25. The zero-order valence-electron chi connectivity index (χ0n) is 17.3. The summed E-state index contributed by atoms with van der Waals surface area (Å²) in [5, 5.41) is 11.2. The van der Waals surface area contributed by atoms with Gasteiger partial charge in [-0.1, -0.05) is 26.0 Å². The van der Waals surface area contributed by atoms with Gasteiger partial charge in [0.25, 0.3) is 0 Å². The summed E-state index contributed by atoms with van der Waals surface area (Å²) in [6.07, 6.45) is 4.43. The van der Waals surface area contributed by atoms with Crippen LogP contribution in [0.2, 0.25) is 0 Å². The summed E-state index contributed by atoms with van der Waals surface area (Å²) in [5.74, 6) is 2.45. The van der Waals surface area contributed by atoms with Crippen LogP contribution in [0.25, 0.3) is 0 Å². The monoisotopic (exact) mass is 397 g/mol. The first-order valence-corrected chi connectivity index (χ1v) is 10.9. The van der Waals surface area contributed by atoms with Gasteiger partial charge in [-0.3, -0.25) is 15.5 Å². The third-order valence-corrected chi connectivity index (χ3v) is 6.91. The molecule has 1 aromatic carbocycles. The molecular formula is C23H31N3O3. The van der Waals surface area contributed by atoms with Crippen LogP contribution in [-0.2, 0) is 9.53 Å². The van der Waals surface area contributed by atoms with Crippen LogP contribution in [0, 0.1) is 29.1 Å². The van der Waals surface area contributed by atoms with Crippen molar-refractivity contribution in [3.05, 3.63) is 29.8 Å². The first-order valence-electron chi connectivity index (χ1n) is 10.9. The number of hydrogen-bond acceptors (Lipinski definition) is 4. The Morgan fingerprint density at radius 1 is 1.17 bits per heavy atom. The molecule has 29 heavy (non-hydrogen) atoms. The Hall–Kier alpha value is -2.37. The van der Waals surface area contributed by atoms with E-state index in [9.17, 15) is 9.59 Å². The molecule has 2 aliphatic carbocycles. The number of amides is 2. The number of carbonyl (C=O) groups is 2. The van der Waals surface area contributed by atoms with Crippen molar-refractivity contribution in [2.45, 2.75) is 51.9 Å². The molecular weight excluding hydrogens is 366 g/mol. The number of rotatable bonds is 7. The Kier molecular flexibility index (Phi) is 5.61. The maximum Gasteiger partial charge on any atom is 0.411 e. The Bertz CT molecular complexity index is 761. The average Bonchev–Trinajstić information content (AvgIpc) is 3.37. The highest BCUT2D eigenvalue weighted by Crippen LogP contribution is 2.56. The molecule has 2 N–H and O–H groups in total. The fourth-order valence-electron chi connectivity index (χ4n) is 5.39. The number of likely N-dealkylation sites (tertiary alicyclic amines) is 1. The van der Waals surface area contributed by atoms with Crippen LogP contribution in [-0.4, -0.2) is 35.9 Å². The van der Waals surface area contributed by atoms with E-state index < -0.39 is 6.09 Å². The summed E-state index contributed by atoms with van der Waals surface area (Å²) in [7, 11) is 0. The van der Waals surface area contributed by atoms with E-state index in [1.165, 1.54) is 12.0 Å². The molecule has 6 heteroatoms. The van der Waals surface area contributed by atoms with Gasteiger partial charge in [0.1, 0.15) is 5.84 Å². The first-order chi connectivity index (χ1) is 14.0. The number of ether oxygens (including phenoxy) is 1. The van der Waals surface area contributed by atoms with E-state index in [1.807, 2.05) is 24.3 Å². The van der Waals surface area contributed by atoms with E-state index in [1.54, 1.807) is 4.90 Å². The van der Waals surface area contributed by atoms with Crippen molar-refractivity contribution in [3.63, 3.8) is 0 Å². The Morgan fingerprint density at radius 3 is 2.52 bits per heavy atom. The topological polar surface area (TPSA) is 82.5 Å². The van der Waals surface area contributed by atoms with Crippen LogP contribution in [0.5, 0.6) is 0 Å². The molecule has 1 heterocycles. The molecule has 1 saturated heterocycles. The molecule has 0 spiro atoms. The number of carbonyl (C=O) groups excluding carboxylic acids is 2. The van der Waals surface area contributed by atoms with Crippen molar-refractivity contribution in [2.24, 2.45) is 23.7 Å². The van der Waals surface area contributed by atoms with Crippen LogP contribution in [0.3, 0.4) is 0 Å². The van der Waals surface area contributed by atoms with Gasteiger partial charge in [0.05, 0.1) is 12.5 Å². The van der Waals surface area contributed by atoms with E-state index in [0.29, 0.717) is 43.2 Å². The number of nitrogens with zero attached hydrogens (tertiary/aromatic N) is 1. The zero-order chi connectivity index (χ0) is 20.5. The normalized spacial score (nSPS) is 27.6. The molecule has 0 radical (unpaired) electrons. The number of nitrogens with one attached hydrogen (secondary N) is 2. The minimum absolute atomic E-state index is 0.0744. The van der Waals surface area contributed by atoms with Gasteiger partial charge in [-0.15, -0.1) is 0 Å². The molecule has 156 valence electrons. The second-order valence-corrected chi connectivity index (χ2v) is 9.00. The number of amidine groups is 1. The highest BCUT2D eigenvalue weighted by atomic mass is 16.5. The highest BCUT2D eigenvalue weighted by molar-refractivity contribution is 6.07. The first kappa shape index (κ1) is 19.9. The fourth-order valence-corrected chi connectivity index (χ4v) is 5.39. The maximum atomic E-state index is 12.7. The van der Waals surface area contributed by atoms with Crippen LogP contribution >= 0.6 is 0 Å². The van der Waals surface area contributed by atoms with Gasteiger partial charge in [0, 0.05) is 18.2 Å². The smallest absolute Gasteiger partial charge is 0.411 e. The van der Waals surface area contributed by atoms with Gasteiger partial charge >= 0.3 is 6.09 Å². The van der Waals surface area contributed by atoms with Gasteiger partial charge in [-0.25, -0.2) is 4.79 Å². The third-order valence-electron chi connectivity index (χ3n) is 6.91. The zero-order valence-corrected chi connectivity index (χ0v) is 17.3. The van der Waals surface area contributed by atoms with Gasteiger partial charge in [-0.2, -0.15) is 0 Å². The lowest BCUT2D eigenvalue weighted by Crippen LogP contribution is -2.33. The van der Waals surface area contributed by atoms with Gasteiger partial charge in [0.2, 0.25) is 5.91 Å². The second-order valence-electron chi connectivity index (χ2n) is 9.00. The number of anilines is 1. The van der Waals surface area contributed by atoms with E-state index in [4.69, 9.17) is 10.1 Å². The lowest BCUT2D eigenvalue weighted by Gasteiger charge is -2.21. The lowest BCUT2D eigenvalue weighted by molar-refractivity contribution is -0.131. The molecule has 1 aliphatic heterocycles. The number of unbranched alkanes of at least 4 members (excludes halogenated alkanes) is 1. The van der Waals surface area contributed by atoms with Gasteiger partial charge in [-0.05, 0) is 67.6 Å². The van der Waals surface area contributed by atoms with E-state index >= 15 is 0 Å². The fraction of sp³-hybridized carbons (Fsp3) is 0.609. The largest absolute Gasteiger partial charge is 0.449 e. The summed E-state index contributed by atoms with van der Waals surface area (Å²) in [6.45, 7) is 5.13. The van der Waals surface area contributed by atoms with Crippen molar-refractivity contribution in [2.75, 3.05) is 18.5 Å². The van der Waals surface area contributed by atoms with Crippen molar-refractivity contribution < 1.29 is 14.3 Å². The van der Waals surface area contributed by atoms with Crippen LogP contribution in [0.4, 0.5) is 10.5 Å². The Balaban J connectivity index is 1.16. The summed E-state index contributed by atoms with van der Waals surface area (Å²) in [4.78, 5) is 26.3. The summed E-state index contributed by atoms with van der Waals surface area (Å²) >= 11 is 0. The predicted molar refractivity (Wildman–Crippen MR) is 112 cm³/mol. The average molecular weight is 398 g/mol. The third kappa shape index (κ3) is 3.89. The molecule has 2 bridgehead atoms. The molecule has 2 amide bonds. The quantitative estimate of drug-likeness (QED) is 0.659. The Labute approximate surface area is 172 Å². The van der Waals surface area contributed by atoms with E-state index in [0.717, 1.165) is 24.9 Å². The van der Waals surface area contributed by atoms with Gasteiger partial charge in [0.15, 0.2) is 0 Å². The standard InChI is InChI=1S/C23H31N3O3/c1-14(2)15-7-9-18(10-8-15)25-23(28)29-12-4-3-11-26-21(24)19-16-5-6-17(13-16)20(19)22(26)27/h7-10,14,16-17,19-20,24H,3-6,11-13H2,1-2H3,(H,25,28). The summed E-state index contributed by atoms with van der Waals surface area (Å²) in [6, 6.07) is 7.77. The molecule has 3 fully saturated rings. The van der Waals surface area contributed by atoms with Crippen molar-refractivity contribution in [3.8, 4) is 0 Å². The lowest BCUT2D eigenvalue weighted by atomic mass is 9.81. The molecule has 0 aromatic heterocycles. The number of benzene rings is 1. The Morgan fingerprint density at radius 2 is 1.86 bits per heavy atom. The minimum atomic E-state index is -0.460. The van der Waals surface area contributed by atoms with Crippen molar-refractivity contribution in [1.29, 1.82) is 5.41 Å². The molecule has 6 nitrogen and oxygen atoms in total. The predicted octanol–water partition coefficient (Wildman–Crippen LogP) is 4.62. The molecule has 3 aliphatic rings. The highest BCUT2D eigenvalue weighted by Gasteiger charge is 2.58. The number of hydrogen-bond donors (Lipinski definition) is 2. The van der Waals surface area contributed by atoms with Crippen molar-refractivity contribution in [1.82, 2.24) is 4.90 Å². The molecule has 4 unspecified atom stereocenters. The SMILES string of the molecule is CC(C)c1ccc(NC(=O)OCCCCN2C(=N)C3C4CCC(C4)C3C2=O)cc1. The molecule has 1 aromatic rings. The van der Waals surface area contributed by atoms with Crippen LogP contribution < -0.4 is 5.32 Å². The minimum Gasteiger partial charge on any atom is -0.449 e. The van der Waals surface area contributed by atoms with Gasteiger partial charge < -0.3 is 9.64 Å². The van der Waals surface area contributed by atoms with E-state index in [2.05, 4.69) is 19.2 Å². The van der Waals surface area contributed by atoms with Crippen LogP contribution in [0.15, 0.2) is 24.3 Å². The summed E-state index contributed by atoms with van der Waals surface area (Å²) in [5.41, 5.74) is 1.94. The second kappa shape index (κ2) is 8.17. The van der Waals surface area contributed by atoms with Crippen molar-refractivity contribution >= 4 is 23.5 Å². The number of fused-ring (bicyclic) bond motifs is 5. The molecule has 2 saturated carbocycles.